The summed E-state index contributed by atoms with van der Waals surface area (Å²) < 4.78 is 0. The van der Waals surface area contributed by atoms with Crippen LogP contribution in [-0.2, 0) is 6.54 Å². The van der Waals surface area contributed by atoms with Crippen molar-refractivity contribution in [3.05, 3.63) is 53.7 Å². The lowest BCUT2D eigenvalue weighted by Crippen LogP contribution is -2.32. The van der Waals surface area contributed by atoms with Crippen LogP contribution >= 0.6 is 0 Å². The summed E-state index contributed by atoms with van der Waals surface area (Å²) in [5.41, 5.74) is 2.32. The quantitative estimate of drug-likeness (QED) is 0.898. The predicted molar refractivity (Wildman–Crippen MR) is 103 cm³/mol. The number of piperidine rings is 1. The van der Waals surface area contributed by atoms with E-state index in [0.29, 0.717) is 6.54 Å². The highest BCUT2D eigenvalue weighted by Crippen LogP contribution is 2.15. The van der Waals surface area contributed by atoms with E-state index in [1.165, 1.54) is 24.8 Å². The van der Waals surface area contributed by atoms with Crippen molar-refractivity contribution in [3.8, 4) is 0 Å². The van der Waals surface area contributed by atoms with Gasteiger partial charge in [0, 0.05) is 34.3 Å². The van der Waals surface area contributed by atoms with E-state index in [9.17, 15) is 4.79 Å². The second-order valence-electron chi connectivity index (χ2n) is 6.05. The summed E-state index contributed by atoms with van der Waals surface area (Å²) in [7, 11) is 1.60. The summed E-state index contributed by atoms with van der Waals surface area (Å²) in [5.74, 6) is 1.03. The van der Waals surface area contributed by atoms with Gasteiger partial charge in [0.2, 0.25) is 0 Å². The summed E-state index contributed by atoms with van der Waals surface area (Å²) in [6.07, 6.45) is 5.65. The predicted octanol–water partition coefficient (Wildman–Crippen LogP) is 3.14. The van der Waals surface area contributed by atoms with Gasteiger partial charge in [-0.3, -0.25) is 0 Å². The molecule has 0 aliphatic carbocycles. The molecule has 0 saturated carbocycles. The van der Waals surface area contributed by atoms with Gasteiger partial charge in [0.1, 0.15) is 0 Å². The molecule has 0 spiro atoms. The molecule has 2 heterocycles. The Morgan fingerprint density at radius 1 is 1.20 bits per heavy atom. The summed E-state index contributed by atoms with van der Waals surface area (Å²) in [6.45, 7) is 4.88. The number of carbonyl (C=O) groups excluding carboxylic acids is 1. The molecular formula is C19H29N5O. The Morgan fingerprint density at radius 2 is 2.00 bits per heavy atom. The molecule has 0 atom stereocenters. The van der Waals surface area contributed by atoms with Crippen LogP contribution < -0.4 is 15.5 Å². The molecule has 1 aliphatic rings. The molecule has 6 nitrogen and oxygen atoms in total. The van der Waals surface area contributed by atoms with Gasteiger partial charge in [0.15, 0.2) is 5.82 Å². The van der Waals surface area contributed by atoms with Gasteiger partial charge in [0.25, 0.3) is 0 Å². The zero-order chi connectivity index (χ0) is 17.9. The minimum absolute atomic E-state index is 0. The van der Waals surface area contributed by atoms with E-state index in [4.69, 9.17) is 0 Å². The summed E-state index contributed by atoms with van der Waals surface area (Å²) in [4.78, 5) is 13.1. The fraction of sp³-hybridized carbons (Fsp3) is 0.421. The van der Waals surface area contributed by atoms with Crippen molar-refractivity contribution >= 4 is 11.8 Å². The number of aryl methyl sites for hydroxylation is 1. The Morgan fingerprint density at radius 3 is 2.64 bits per heavy atom. The number of amides is 2. The molecule has 0 bridgehead atoms. The molecule has 2 amide bonds. The maximum Gasteiger partial charge on any atom is 0.314 e. The first-order valence-electron chi connectivity index (χ1n) is 8.73. The number of nitrogens with zero attached hydrogens (tertiary/aromatic N) is 3. The van der Waals surface area contributed by atoms with Crippen molar-refractivity contribution < 1.29 is 6.22 Å². The number of nitrogens with one attached hydrogen (secondary N) is 2. The van der Waals surface area contributed by atoms with Crippen molar-refractivity contribution in [2.24, 2.45) is 0 Å². The molecular weight excluding hydrogens is 314 g/mol. The minimum Gasteiger partial charge on any atom is -0.355 e. The normalized spacial score (nSPS) is 13.4. The maximum atomic E-state index is 10.8. The average Bonchev–Trinajstić information content (AvgIpc) is 2.68. The number of carbonyl (C=O) groups is 1. The molecule has 1 aromatic heterocycles. The van der Waals surface area contributed by atoms with Crippen molar-refractivity contribution in [2.75, 3.05) is 25.0 Å². The van der Waals surface area contributed by atoms with Gasteiger partial charge in [-0.1, -0.05) is 29.8 Å². The number of anilines is 1. The first kappa shape index (κ1) is 18.7. The largest absolute Gasteiger partial charge is 0.355 e. The SMILES string of the molecule is CNC(=O)NCc1cccc(C)c1.[HH].c1cnnc(N2CCCCC2)c1. The highest BCUT2D eigenvalue weighted by Gasteiger charge is 2.10. The van der Waals surface area contributed by atoms with Crippen LogP contribution in [0.5, 0.6) is 0 Å². The lowest BCUT2D eigenvalue weighted by atomic mass is 10.1. The molecule has 1 aliphatic heterocycles. The zero-order valence-corrected chi connectivity index (χ0v) is 15.0. The molecule has 0 unspecified atom stereocenters. The Kier molecular flexibility index (Phi) is 7.69. The molecule has 3 rings (SSSR count). The third-order valence-corrected chi connectivity index (χ3v) is 4.00. The highest BCUT2D eigenvalue weighted by atomic mass is 16.2. The van der Waals surface area contributed by atoms with E-state index >= 15 is 0 Å². The molecule has 1 saturated heterocycles. The van der Waals surface area contributed by atoms with Crippen LogP contribution in [0, 0.1) is 6.92 Å². The zero-order valence-electron chi connectivity index (χ0n) is 15.0. The van der Waals surface area contributed by atoms with Crippen LogP contribution in [0.25, 0.3) is 0 Å². The lowest BCUT2D eigenvalue weighted by molar-refractivity contribution is 0.242. The van der Waals surface area contributed by atoms with Gasteiger partial charge in [-0.2, -0.15) is 5.10 Å². The van der Waals surface area contributed by atoms with Crippen molar-refractivity contribution in [1.29, 1.82) is 0 Å². The summed E-state index contributed by atoms with van der Waals surface area (Å²) in [5, 5.41) is 13.2. The van der Waals surface area contributed by atoms with Crippen LogP contribution in [0.1, 0.15) is 31.8 Å². The summed E-state index contributed by atoms with van der Waals surface area (Å²) >= 11 is 0. The third kappa shape index (κ3) is 6.79. The second kappa shape index (κ2) is 10.3. The number of rotatable bonds is 3. The molecule has 136 valence electrons. The van der Waals surface area contributed by atoms with Crippen LogP contribution in [0.3, 0.4) is 0 Å². The Labute approximate surface area is 151 Å². The van der Waals surface area contributed by atoms with Crippen molar-refractivity contribution in [2.45, 2.75) is 32.7 Å². The van der Waals surface area contributed by atoms with E-state index in [2.05, 4.69) is 31.8 Å². The molecule has 1 aromatic carbocycles. The van der Waals surface area contributed by atoms with Gasteiger partial charge in [0.05, 0.1) is 0 Å². The van der Waals surface area contributed by atoms with Gasteiger partial charge in [-0.15, -0.1) is 5.10 Å². The number of hydrogen-bond acceptors (Lipinski definition) is 4. The molecule has 6 heteroatoms. The van der Waals surface area contributed by atoms with E-state index in [1.807, 2.05) is 37.3 Å². The standard InChI is InChI=1S/C10H14N2O.C9H13N3.H2/c1-8-4-3-5-9(6-8)7-12-10(13)11-2;1-2-7-12(8-3-1)9-5-4-6-10-11-9;/h3-6H,7H2,1-2H3,(H2,11,12,13);4-6H,1-3,7-8H2;1H. The number of benzene rings is 1. The minimum atomic E-state index is -0.151. The fourth-order valence-corrected chi connectivity index (χ4v) is 2.68. The average molecular weight is 343 g/mol. The fourth-order valence-electron chi connectivity index (χ4n) is 2.68. The van der Waals surface area contributed by atoms with Gasteiger partial charge < -0.3 is 15.5 Å². The first-order chi connectivity index (χ1) is 12.2. The van der Waals surface area contributed by atoms with E-state index in [-0.39, 0.29) is 7.46 Å². The second-order valence-corrected chi connectivity index (χ2v) is 6.05. The Hall–Kier alpha value is -2.63. The number of urea groups is 1. The highest BCUT2D eigenvalue weighted by molar-refractivity contribution is 5.73. The van der Waals surface area contributed by atoms with Crippen molar-refractivity contribution in [1.82, 2.24) is 20.8 Å². The van der Waals surface area contributed by atoms with Crippen LogP contribution in [0.4, 0.5) is 10.6 Å². The Balaban J connectivity index is 0.000000251. The van der Waals surface area contributed by atoms with Crippen LogP contribution in [0.2, 0.25) is 0 Å². The molecule has 0 radical (unpaired) electrons. The number of hydrogen-bond donors (Lipinski definition) is 2. The smallest absolute Gasteiger partial charge is 0.314 e. The Bertz CT molecular complexity index is 647. The number of aromatic nitrogens is 2. The van der Waals surface area contributed by atoms with Gasteiger partial charge in [-0.25, -0.2) is 4.79 Å². The van der Waals surface area contributed by atoms with Gasteiger partial charge >= 0.3 is 6.03 Å². The lowest BCUT2D eigenvalue weighted by Gasteiger charge is -2.26. The van der Waals surface area contributed by atoms with Gasteiger partial charge in [-0.05, 0) is 43.9 Å². The van der Waals surface area contributed by atoms with E-state index in [1.54, 1.807) is 13.2 Å². The van der Waals surface area contributed by atoms with E-state index in [0.717, 1.165) is 24.5 Å². The van der Waals surface area contributed by atoms with Crippen LogP contribution in [0.15, 0.2) is 42.6 Å². The molecule has 2 aromatic rings. The van der Waals surface area contributed by atoms with Crippen LogP contribution in [-0.4, -0.2) is 36.4 Å². The monoisotopic (exact) mass is 343 g/mol. The summed E-state index contributed by atoms with van der Waals surface area (Å²) in [6, 6.07) is 11.9. The third-order valence-electron chi connectivity index (χ3n) is 4.00. The van der Waals surface area contributed by atoms with E-state index < -0.39 is 0 Å². The van der Waals surface area contributed by atoms with Crippen molar-refractivity contribution in [3.63, 3.8) is 0 Å². The molecule has 25 heavy (non-hydrogen) atoms. The maximum absolute atomic E-state index is 10.8. The topological polar surface area (TPSA) is 70.1 Å². The molecule has 2 N–H and O–H groups in total. The molecule has 1 fully saturated rings. The first-order valence-corrected chi connectivity index (χ1v) is 8.73.